The van der Waals surface area contributed by atoms with Crippen molar-refractivity contribution in [1.82, 2.24) is 4.98 Å². The van der Waals surface area contributed by atoms with E-state index in [0.717, 1.165) is 6.42 Å². The number of hydrogen-bond donors (Lipinski definition) is 1. The highest BCUT2D eigenvalue weighted by molar-refractivity contribution is 6.08. The van der Waals surface area contributed by atoms with Crippen LogP contribution in [0.15, 0.2) is 97.1 Å². The van der Waals surface area contributed by atoms with Gasteiger partial charge in [-0.05, 0) is 36.8 Å². The van der Waals surface area contributed by atoms with E-state index in [2.05, 4.69) is 107 Å². The Morgan fingerprint density at radius 1 is 0.731 bits per heavy atom. The van der Waals surface area contributed by atoms with E-state index in [0.29, 0.717) is 6.04 Å². The standard InChI is InChI=1S/C24H20N2/c1-3-9-18(10-4-1)26(19-11-5-2-6-12-19)20-15-16-22-21-13-7-8-14-23(21)25-24(22)17-20/h1-11,13-17,19,25H,12H2. The van der Waals surface area contributed by atoms with Gasteiger partial charge in [0.2, 0.25) is 0 Å². The molecule has 1 heterocycles. The van der Waals surface area contributed by atoms with Crippen LogP contribution in [0.1, 0.15) is 6.42 Å². The van der Waals surface area contributed by atoms with Gasteiger partial charge in [-0.3, -0.25) is 0 Å². The monoisotopic (exact) mass is 336 g/mol. The van der Waals surface area contributed by atoms with Crippen molar-refractivity contribution in [3.8, 4) is 0 Å². The van der Waals surface area contributed by atoms with Gasteiger partial charge in [0.1, 0.15) is 0 Å². The third-order valence-electron chi connectivity index (χ3n) is 5.09. The predicted octanol–water partition coefficient (Wildman–Crippen LogP) is 6.34. The second kappa shape index (κ2) is 6.23. The molecule has 0 bridgehead atoms. The average Bonchev–Trinajstić information content (AvgIpc) is 3.08. The molecule has 26 heavy (non-hydrogen) atoms. The molecule has 1 aliphatic carbocycles. The van der Waals surface area contributed by atoms with Crippen molar-refractivity contribution in [2.24, 2.45) is 0 Å². The Morgan fingerprint density at radius 2 is 1.54 bits per heavy atom. The van der Waals surface area contributed by atoms with Gasteiger partial charge in [-0.1, -0.05) is 66.8 Å². The number of fused-ring (bicyclic) bond motifs is 3. The quantitative estimate of drug-likeness (QED) is 0.462. The zero-order valence-corrected chi connectivity index (χ0v) is 14.5. The lowest BCUT2D eigenvalue weighted by atomic mass is 10.0. The summed E-state index contributed by atoms with van der Waals surface area (Å²) in [6.07, 6.45) is 9.80. The molecule has 2 heteroatoms. The van der Waals surface area contributed by atoms with Crippen LogP contribution in [0.3, 0.4) is 0 Å². The molecular formula is C24H20N2. The molecule has 0 saturated heterocycles. The van der Waals surface area contributed by atoms with Crippen molar-refractivity contribution >= 4 is 33.2 Å². The van der Waals surface area contributed by atoms with Crippen LogP contribution in [0.2, 0.25) is 0 Å². The summed E-state index contributed by atoms with van der Waals surface area (Å²) in [4.78, 5) is 5.99. The molecule has 1 unspecified atom stereocenters. The third kappa shape index (κ3) is 2.51. The lowest BCUT2D eigenvalue weighted by Crippen LogP contribution is -2.29. The summed E-state index contributed by atoms with van der Waals surface area (Å²) >= 11 is 0. The van der Waals surface area contributed by atoms with Gasteiger partial charge < -0.3 is 9.88 Å². The molecule has 1 atom stereocenters. The predicted molar refractivity (Wildman–Crippen MR) is 111 cm³/mol. The number of para-hydroxylation sites is 2. The fraction of sp³-hybridized carbons (Fsp3) is 0.0833. The van der Waals surface area contributed by atoms with Crippen molar-refractivity contribution < 1.29 is 0 Å². The molecule has 4 aromatic rings. The lowest BCUT2D eigenvalue weighted by Gasteiger charge is -2.32. The first-order valence-electron chi connectivity index (χ1n) is 9.08. The van der Waals surface area contributed by atoms with Gasteiger partial charge in [-0.25, -0.2) is 0 Å². The van der Waals surface area contributed by atoms with Crippen LogP contribution in [-0.2, 0) is 0 Å². The van der Waals surface area contributed by atoms with E-state index in [1.165, 1.54) is 33.2 Å². The van der Waals surface area contributed by atoms with E-state index in [-0.39, 0.29) is 0 Å². The fourth-order valence-corrected chi connectivity index (χ4v) is 3.87. The SMILES string of the molecule is C1=CCC(N(c2ccccc2)c2ccc3c(c2)[nH]c2ccccc23)C=C1. The van der Waals surface area contributed by atoms with Gasteiger partial charge in [-0.15, -0.1) is 0 Å². The minimum atomic E-state index is 0.323. The molecule has 1 aromatic heterocycles. The van der Waals surface area contributed by atoms with Gasteiger partial charge in [0, 0.05) is 33.2 Å². The summed E-state index contributed by atoms with van der Waals surface area (Å²) in [7, 11) is 0. The Bertz CT molecular complexity index is 1120. The van der Waals surface area contributed by atoms with Crippen molar-refractivity contribution in [2.45, 2.75) is 12.5 Å². The Morgan fingerprint density at radius 3 is 2.38 bits per heavy atom. The van der Waals surface area contributed by atoms with Crippen molar-refractivity contribution in [1.29, 1.82) is 0 Å². The van der Waals surface area contributed by atoms with Crippen molar-refractivity contribution in [3.63, 3.8) is 0 Å². The van der Waals surface area contributed by atoms with E-state index in [1.54, 1.807) is 0 Å². The molecule has 5 rings (SSSR count). The number of rotatable bonds is 3. The van der Waals surface area contributed by atoms with Gasteiger partial charge in [-0.2, -0.15) is 0 Å². The first-order valence-corrected chi connectivity index (χ1v) is 9.08. The molecule has 0 aliphatic heterocycles. The summed E-state index contributed by atoms with van der Waals surface area (Å²) in [5, 5.41) is 2.55. The van der Waals surface area contributed by atoms with E-state index >= 15 is 0 Å². The molecule has 3 aromatic carbocycles. The number of nitrogens with one attached hydrogen (secondary N) is 1. The van der Waals surface area contributed by atoms with Crippen LogP contribution in [0, 0.1) is 0 Å². The van der Waals surface area contributed by atoms with E-state index in [1.807, 2.05) is 0 Å². The molecule has 2 nitrogen and oxygen atoms in total. The van der Waals surface area contributed by atoms with E-state index in [9.17, 15) is 0 Å². The van der Waals surface area contributed by atoms with E-state index in [4.69, 9.17) is 0 Å². The van der Waals surface area contributed by atoms with Crippen molar-refractivity contribution in [3.05, 3.63) is 97.1 Å². The Labute approximate surface area is 153 Å². The summed E-state index contributed by atoms with van der Waals surface area (Å²) in [6.45, 7) is 0. The van der Waals surface area contributed by atoms with Crippen LogP contribution >= 0.6 is 0 Å². The second-order valence-electron chi connectivity index (χ2n) is 6.72. The molecule has 0 radical (unpaired) electrons. The normalized spacial score (nSPS) is 16.4. The first-order chi connectivity index (χ1) is 12.9. The number of H-pyrrole nitrogens is 1. The van der Waals surface area contributed by atoms with Crippen LogP contribution in [-0.4, -0.2) is 11.0 Å². The van der Waals surface area contributed by atoms with Crippen LogP contribution in [0.4, 0.5) is 11.4 Å². The van der Waals surface area contributed by atoms with E-state index < -0.39 is 0 Å². The van der Waals surface area contributed by atoms with Gasteiger partial charge >= 0.3 is 0 Å². The number of nitrogens with zero attached hydrogens (tertiary/aromatic N) is 1. The molecule has 0 amide bonds. The summed E-state index contributed by atoms with van der Waals surface area (Å²) in [5.74, 6) is 0. The van der Waals surface area contributed by atoms with Crippen LogP contribution in [0.5, 0.6) is 0 Å². The Kier molecular flexibility index (Phi) is 3.60. The van der Waals surface area contributed by atoms with Gasteiger partial charge in [0.05, 0.1) is 6.04 Å². The first kappa shape index (κ1) is 15.0. The van der Waals surface area contributed by atoms with Crippen molar-refractivity contribution in [2.75, 3.05) is 4.90 Å². The molecule has 1 aliphatic rings. The number of hydrogen-bond acceptors (Lipinski definition) is 1. The summed E-state index contributed by atoms with van der Waals surface area (Å²) in [6, 6.07) is 26.2. The topological polar surface area (TPSA) is 19.0 Å². The highest BCUT2D eigenvalue weighted by Gasteiger charge is 2.19. The largest absolute Gasteiger partial charge is 0.354 e. The fourth-order valence-electron chi connectivity index (χ4n) is 3.87. The molecule has 1 N–H and O–H groups in total. The van der Waals surface area contributed by atoms with Gasteiger partial charge in [0.25, 0.3) is 0 Å². The summed E-state index contributed by atoms with van der Waals surface area (Å²) < 4.78 is 0. The maximum atomic E-state index is 3.57. The smallest absolute Gasteiger partial charge is 0.0559 e. The number of aromatic nitrogens is 1. The number of allylic oxidation sites excluding steroid dienone is 2. The zero-order valence-electron chi connectivity index (χ0n) is 14.5. The summed E-state index contributed by atoms with van der Waals surface area (Å²) in [5.41, 5.74) is 4.79. The highest BCUT2D eigenvalue weighted by Crippen LogP contribution is 2.34. The molecule has 126 valence electrons. The number of aromatic amines is 1. The average molecular weight is 336 g/mol. The molecule has 0 fully saturated rings. The second-order valence-corrected chi connectivity index (χ2v) is 6.72. The maximum Gasteiger partial charge on any atom is 0.0559 e. The van der Waals surface area contributed by atoms with Crippen LogP contribution < -0.4 is 4.90 Å². The Hall–Kier alpha value is -3.26. The molecular weight excluding hydrogens is 316 g/mol. The minimum absolute atomic E-state index is 0.323. The lowest BCUT2D eigenvalue weighted by molar-refractivity contribution is 0.785. The zero-order chi connectivity index (χ0) is 17.3. The number of benzene rings is 3. The molecule has 0 spiro atoms. The maximum absolute atomic E-state index is 3.57. The van der Waals surface area contributed by atoms with Gasteiger partial charge in [0.15, 0.2) is 0 Å². The Balaban J connectivity index is 1.67. The molecule has 0 saturated carbocycles. The minimum Gasteiger partial charge on any atom is -0.354 e. The van der Waals surface area contributed by atoms with Crippen LogP contribution in [0.25, 0.3) is 21.8 Å². The number of anilines is 2. The third-order valence-corrected chi connectivity index (χ3v) is 5.09. The highest BCUT2D eigenvalue weighted by atomic mass is 15.2.